The van der Waals surface area contributed by atoms with Crippen molar-refractivity contribution in [3.05, 3.63) is 21.0 Å². The molecule has 84 valence electrons. The van der Waals surface area contributed by atoms with Gasteiger partial charge in [-0.05, 0) is 22.4 Å². The summed E-state index contributed by atoms with van der Waals surface area (Å²) in [5.74, 6) is 0. The van der Waals surface area contributed by atoms with Gasteiger partial charge in [-0.15, -0.1) is 0 Å². The zero-order valence-corrected chi connectivity index (χ0v) is 10.4. The summed E-state index contributed by atoms with van der Waals surface area (Å²) >= 11 is 3.23. The molecule has 0 saturated heterocycles. The van der Waals surface area contributed by atoms with E-state index in [4.69, 9.17) is 4.74 Å². The predicted molar refractivity (Wildman–Crippen MR) is 62.2 cm³/mol. The van der Waals surface area contributed by atoms with Gasteiger partial charge in [-0.25, -0.2) is 4.68 Å². The Morgan fingerprint density at radius 1 is 1.67 bits per heavy atom. The largest absolute Gasteiger partial charge is 0.385 e. The Balaban J connectivity index is 2.62. The van der Waals surface area contributed by atoms with E-state index in [2.05, 4.69) is 26.3 Å². The summed E-state index contributed by atoms with van der Waals surface area (Å²) in [4.78, 5) is 11.5. The van der Waals surface area contributed by atoms with Gasteiger partial charge in [0.05, 0.1) is 11.9 Å². The summed E-state index contributed by atoms with van der Waals surface area (Å²) in [6, 6.07) is 0. The van der Waals surface area contributed by atoms with Crippen molar-refractivity contribution in [1.82, 2.24) is 9.78 Å². The normalized spacial score (nSPS) is 10.3. The molecule has 0 saturated carbocycles. The summed E-state index contributed by atoms with van der Waals surface area (Å²) in [5.41, 5.74) is 0.570. The second kappa shape index (κ2) is 5.87. The first-order valence-electron chi connectivity index (χ1n) is 4.61. The number of aromatic nitrogens is 2. The van der Waals surface area contributed by atoms with Gasteiger partial charge in [0, 0.05) is 27.3 Å². The number of halogens is 1. The number of aryl methyl sites for hydroxylation is 1. The van der Waals surface area contributed by atoms with E-state index >= 15 is 0 Å². The lowest BCUT2D eigenvalue weighted by atomic mass is 10.4. The van der Waals surface area contributed by atoms with E-state index in [1.54, 1.807) is 20.4 Å². The standard InChI is InChI=1S/C9H14BrN3O2/c1-13-9(14)8(10)7(6-12-13)11-4-3-5-15-2/h6,11H,3-5H2,1-2H3. The maximum atomic E-state index is 11.5. The van der Waals surface area contributed by atoms with Crippen LogP contribution in [-0.4, -0.2) is 30.0 Å². The van der Waals surface area contributed by atoms with Crippen LogP contribution in [0.5, 0.6) is 0 Å². The van der Waals surface area contributed by atoms with Gasteiger partial charge >= 0.3 is 0 Å². The van der Waals surface area contributed by atoms with E-state index in [9.17, 15) is 4.79 Å². The van der Waals surface area contributed by atoms with Crippen LogP contribution >= 0.6 is 15.9 Å². The minimum Gasteiger partial charge on any atom is -0.385 e. The van der Waals surface area contributed by atoms with E-state index in [0.29, 0.717) is 16.8 Å². The molecule has 0 aliphatic carbocycles. The minimum atomic E-state index is -0.147. The molecule has 0 atom stereocenters. The van der Waals surface area contributed by atoms with Crippen molar-refractivity contribution in [1.29, 1.82) is 0 Å². The van der Waals surface area contributed by atoms with Gasteiger partial charge in [0.2, 0.25) is 0 Å². The summed E-state index contributed by atoms with van der Waals surface area (Å²) in [6.45, 7) is 1.45. The fraction of sp³-hybridized carbons (Fsp3) is 0.556. The quantitative estimate of drug-likeness (QED) is 0.815. The van der Waals surface area contributed by atoms with Crippen molar-refractivity contribution in [2.75, 3.05) is 25.6 Å². The van der Waals surface area contributed by atoms with Gasteiger partial charge in [-0.3, -0.25) is 4.79 Å². The monoisotopic (exact) mass is 275 g/mol. The third-order valence-corrected chi connectivity index (χ3v) is 2.69. The van der Waals surface area contributed by atoms with Gasteiger partial charge in [0.25, 0.3) is 5.56 Å². The molecular formula is C9H14BrN3O2. The molecule has 0 aromatic carbocycles. The lowest BCUT2D eigenvalue weighted by Gasteiger charge is -2.07. The Morgan fingerprint density at radius 3 is 3.07 bits per heavy atom. The molecule has 1 rings (SSSR count). The Morgan fingerprint density at radius 2 is 2.40 bits per heavy atom. The van der Waals surface area contributed by atoms with Crippen LogP contribution < -0.4 is 10.9 Å². The van der Waals surface area contributed by atoms with Crippen LogP contribution in [0.25, 0.3) is 0 Å². The Kier molecular flexibility index (Phi) is 4.77. The Bertz CT molecular complexity index is 378. The minimum absolute atomic E-state index is 0.147. The van der Waals surface area contributed by atoms with Gasteiger partial charge in [0.1, 0.15) is 4.47 Å². The van der Waals surface area contributed by atoms with Gasteiger partial charge in [-0.1, -0.05) is 0 Å². The zero-order valence-electron chi connectivity index (χ0n) is 8.79. The number of rotatable bonds is 5. The molecule has 1 heterocycles. The van der Waals surface area contributed by atoms with Crippen LogP contribution in [0.15, 0.2) is 15.5 Å². The van der Waals surface area contributed by atoms with Crippen LogP contribution in [0.1, 0.15) is 6.42 Å². The van der Waals surface area contributed by atoms with Crippen molar-refractivity contribution in [3.63, 3.8) is 0 Å². The topological polar surface area (TPSA) is 56.1 Å². The van der Waals surface area contributed by atoms with Crippen LogP contribution in [0.2, 0.25) is 0 Å². The third-order valence-electron chi connectivity index (χ3n) is 1.92. The number of ether oxygens (including phenoxy) is 1. The highest BCUT2D eigenvalue weighted by Gasteiger charge is 2.05. The fourth-order valence-corrected chi connectivity index (χ4v) is 1.57. The highest BCUT2D eigenvalue weighted by molar-refractivity contribution is 9.10. The maximum absolute atomic E-state index is 11.5. The van der Waals surface area contributed by atoms with Crippen molar-refractivity contribution in [2.24, 2.45) is 7.05 Å². The molecule has 0 spiro atoms. The third kappa shape index (κ3) is 3.32. The highest BCUT2D eigenvalue weighted by Crippen LogP contribution is 2.15. The van der Waals surface area contributed by atoms with E-state index in [-0.39, 0.29) is 5.56 Å². The molecule has 0 fully saturated rings. The van der Waals surface area contributed by atoms with Crippen LogP contribution in [-0.2, 0) is 11.8 Å². The number of hydrogen-bond donors (Lipinski definition) is 1. The predicted octanol–water partition coefficient (Wildman–Crippen LogP) is 0.991. The van der Waals surface area contributed by atoms with Gasteiger partial charge in [-0.2, -0.15) is 5.10 Å². The molecule has 1 aromatic rings. The molecule has 15 heavy (non-hydrogen) atoms. The summed E-state index contributed by atoms with van der Waals surface area (Å²) in [6.07, 6.45) is 2.51. The molecular weight excluding hydrogens is 262 g/mol. The Hall–Kier alpha value is -0.880. The molecule has 0 amide bonds. The van der Waals surface area contributed by atoms with Crippen molar-refractivity contribution in [3.8, 4) is 0 Å². The number of anilines is 1. The molecule has 0 aliphatic heterocycles. The number of methoxy groups -OCH3 is 1. The smallest absolute Gasteiger partial charge is 0.282 e. The van der Waals surface area contributed by atoms with Crippen LogP contribution in [0.4, 0.5) is 5.69 Å². The van der Waals surface area contributed by atoms with Crippen LogP contribution in [0, 0.1) is 0 Å². The SMILES string of the molecule is COCCCNc1cnn(C)c(=O)c1Br. The summed E-state index contributed by atoms with van der Waals surface area (Å²) < 4.78 is 6.71. The van der Waals surface area contributed by atoms with E-state index < -0.39 is 0 Å². The molecule has 0 bridgehead atoms. The average Bonchev–Trinajstić information content (AvgIpc) is 2.24. The number of nitrogens with zero attached hydrogens (tertiary/aromatic N) is 2. The maximum Gasteiger partial charge on any atom is 0.282 e. The summed E-state index contributed by atoms with van der Waals surface area (Å²) in [5, 5.41) is 7.03. The Labute approximate surface area is 96.6 Å². The van der Waals surface area contributed by atoms with Crippen molar-refractivity contribution < 1.29 is 4.74 Å². The number of nitrogens with one attached hydrogen (secondary N) is 1. The molecule has 6 heteroatoms. The molecule has 0 unspecified atom stereocenters. The van der Waals surface area contributed by atoms with Crippen molar-refractivity contribution >= 4 is 21.6 Å². The first-order chi connectivity index (χ1) is 7.16. The molecule has 5 nitrogen and oxygen atoms in total. The van der Waals surface area contributed by atoms with Crippen LogP contribution in [0.3, 0.4) is 0 Å². The molecule has 1 N–H and O–H groups in total. The lowest BCUT2D eigenvalue weighted by molar-refractivity contribution is 0.198. The second-order valence-electron chi connectivity index (χ2n) is 3.07. The van der Waals surface area contributed by atoms with E-state index in [1.807, 2.05) is 0 Å². The first kappa shape index (κ1) is 12.2. The van der Waals surface area contributed by atoms with Gasteiger partial charge in [0.15, 0.2) is 0 Å². The average molecular weight is 276 g/mol. The lowest BCUT2D eigenvalue weighted by Crippen LogP contribution is -2.21. The molecule has 1 aromatic heterocycles. The van der Waals surface area contributed by atoms with Gasteiger partial charge < -0.3 is 10.1 Å². The highest BCUT2D eigenvalue weighted by atomic mass is 79.9. The molecule has 0 aliphatic rings. The second-order valence-corrected chi connectivity index (χ2v) is 3.87. The molecule has 0 radical (unpaired) electrons. The van der Waals surface area contributed by atoms with E-state index in [0.717, 1.165) is 13.0 Å². The number of hydrogen-bond acceptors (Lipinski definition) is 4. The zero-order chi connectivity index (χ0) is 11.3. The van der Waals surface area contributed by atoms with E-state index in [1.165, 1.54) is 4.68 Å². The first-order valence-corrected chi connectivity index (χ1v) is 5.40. The summed E-state index contributed by atoms with van der Waals surface area (Å²) in [7, 11) is 3.28. The fourth-order valence-electron chi connectivity index (χ4n) is 1.07. The van der Waals surface area contributed by atoms with Crippen molar-refractivity contribution in [2.45, 2.75) is 6.42 Å².